The molecule has 2 fully saturated rings. The third-order valence-electron chi connectivity index (χ3n) is 5.67. The lowest BCUT2D eigenvalue weighted by Crippen LogP contribution is -2.63. The predicted octanol–water partition coefficient (Wildman–Crippen LogP) is 2.87. The van der Waals surface area contributed by atoms with Crippen molar-refractivity contribution in [3.05, 3.63) is 71.5 Å². The summed E-state index contributed by atoms with van der Waals surface area (Å²) in [6, 6.07) is 16.9. The Balaban J connectivity index is 1.27. The summed E-state index contributed by atoms with van der Waals surface area (Å²) in [6.45, 7) is 2.92. The average molecular weight is 368 g/mol. The Bertz CT molecular complexity index is 788. The molecule has 1 unspecified atom stereocenters. The molecule has 5 heteroatoms. The zero-order valence-corrected chi connectivity index (χ0v) is 15.6. The molecule has 2 heterocycles. The molecule has 0 aromatic heterocycles. The summed E-state index contributed by atoms with van der Waals surface area (Å²) in [5.41, 5.74) is 1.95. The van der Waals surface area contributed by atoms with Crippen molar-refractivity contribution in [3.8, 4) is 0 Å². The van der Waals surface area contributed by atoms with E-state index < -0.39 is 0 Å². The van der Waals surface area contributed by atoms with E-state index in [9.17, 15) is 9.18 Å². The normalized spacial score (nSPS) is 20.9. The van der Waals surface area contributed by atoms with Crippen LogP contribution < -0.4 is 0 Å². The molecular formula is C22H25FN2O2. The zero-order chi connectivity index (χ0) is 18.9. The average Bonchev–Trinajstić information content (AvgIpc) is 3.09. The molecule has 0 N–H and O–H groups in total. The van der Waals surface area contributed by atoms with Crippen molar-refractivity contribution in [1.29, 1.82) is 0 Å². The van der Waals surface area contributed by atoms with Crippen molar-refractivity contribution in [2.45, 2.75) is 31.0 Å². The van der Waals surface area contributed by atoms with Crippen LogP contribution in [0.1, 0.15) is 17.5 Å². The minimum absolute atomic E-state index is 0.0805. The lowest BCUT2D eigenvalue weighted by molar-refractivity contribution is -0.157. The Labute approximate surface area is 159 Å². The monoisotopic (exact) mass is 368 g/mol. The molecule has 1 amide bonds. The van der Waals surface area contributed by atoms with Crippen LogP contribution in [0.5, 0.6) is 0 Å². The molecule has 2 aromatic rings. The maximum Gasteiger partial charge on any atom is 0.227 e. The first-order valence-electron chi connectivity index (χ1n) is 9.43. The van der Waals surface area contributed by atoms with Crippen LogP contribution >= 0.6 is 0 Å². The van der Waals surface area contributed by atoms with E-state index in [4.69, 9.17) is 4.74 Å². The number of carbonyl (C=O) groups is 1. The van der Waals surface area contributed by atoms with E-state index in [1.165, 1.54) is 17.7 Å². The maximum absolute atomic E-state index is 13.0. The van der Waals surface area contributed by atoms with Crippen molar-refractivity contribution in [1.82, 2.24) is 9.80 Å². The highest BCUT2D eigenvalue weighted by molar-refractivity contribution is 5.80. The highest BCUT2D eigenvalue weighted by Gasteiger charge is 2.51. The summed E-state index contributed by atoms with van der Waals surface area (Å²) >= 11 is 0. The molecule has 0 bridgehead atoms. The topological polar surface area (TPSA) is 32.8 Å². The van der Waals surface area contributed by atoms with E-state index in [2.05, 4.69) is 36.2 Å². The van der Waals surface area contributed by atoms with E-state index in [0.29, 0.717) is 32.2 Å². The number of likely N-dealkylation sites (N-methyl/N-ethyl adjacent to an activating group) is 1. The van der Waals surface area contributed by atoms with Gasteiger partial charge in [-0.05, 0) is 36.7 Å². The first-order chi connectivity index (χ1) is 13.0. The van der Waals surface area contributed by atoms with Crippen molar-refractivity contribution in [2.24, 2.45) is 0 Å². The second-order valence-corrected chi connectivity index (χ2v) is 7.81. The van der Waals surface area contributed by atoms with Gasteiger partial charge >= 0.3 is 0 Å². The largest absolute Gasteiger partial charge is 0.370 e. The van der Waals surface area contributed by atoms with Gasteiger partial charge in [-0.1, -0.05) is 42.5 Å². The van der Waals surface area contributed by atoms with Crippen LogP contribution in [0.15, 0.2) is 54.6 Å². The number of amides is 1. The molecule has 27 heavy (non-hydrogen) atoms. The quantitative estimate of drug-likeness (QED) is 0.814. The lowest BCUT2D eigenvalue weighted by Gasteiger charge is -2.47. The van der Waals surface area contributed by atoms with E-state index in [-0.39, 0.29) is 17.3 Å². The molecule has 1 atom stereocenters. The molecule has 2 saturated heterocycles. The van der Waals surface area contributed by atoms with Crippen LogP contribution in [0.2, 0.25) is 0 Å². The van der Waals surface area contributed by atoms with Gasteiger partial charge < -0.3 is 9.64 Å². The second kappa shape index (κ2) is 7.41. The summed E-state index contributed by atoms with van der Waals surface area (Å²) in [4.78, 5) is 16.6. The van der Waals surface area contributed by atoms with E-state index in [0.717, 1.165) is 18.5 Å². The van der Waals surface area contributed by atoms with Gasteiger partial charge in [0.1, 0.15) is 11.4 Å². The van der Waals surface area contributed by atoms with Crippen molar-refractivity contribution >= 4 is 5.91 Å². The van der Waals surface area contributed by atoms with Crippen LogP contribution in [-0.2, 0) is 22.5 Å². The molecule has 142 valence electrons. The number of rotatable bonds is 5. The molecule has 2 aliphatic heterocycles. The molecule has 0 aliphatic carbocycles. The van der Waals surface area contributed by atoms with Gasteiger partial charge in [0.15, 0.2) is 0 Å². The molecule has 2 aliphatic rings. The highest BCUT2D eigenvalue weighted by atomic mass is 19.1. The van der Waals surface area contributed by atoms with Crippen molar-refractivity contribution in [2.75, 3.05) is 26.7 Å². The third kappa shape index (κ3) is 4.04. The minimum atomic E-state index is -0.279. The summed E-state index contributed by atoms with van der Waals surface area (Å²) in [6.07, 6.45) is 1.27. The Kier molecular flexibility index (Phi) is 4.98. The van der Waals surface area contributed by atoms with Gasteiger partial charge in [0.2, 0.25) is 5.91 Å². The molecule has 0 radical (unpaired) electrons. The molecule has 1 spiro atoms. The SMILES string of the molecule is CN(Cc1ccccc1)C1COC2(C1)CN(C(=O)Cc1ccc(F)cc1)C2. The molecule has 4 rings (SSSR count). The van der Waals surface area contributed by atoms with Crippen LogP contribution in [0.3, 0.4) is 0 Å². The lowest BCUT2D eigenvalue weighted by atomic mass is 9.88. The van der Waals surface area contributed by atoms with Crippen LogP contribution in [0, 0.1) is 5.82 Å². The fourth-order valence-corrected chi connectivity index (χ4v) is 4.04. The third-order valence-corrected chi connectivity index (χ3v) is 5.67. The van der Waals surface area contributed by atoms with Gasteiger partial charge in [0.25, 0.3) is 0 Å². The number of hydrogen-bond donors (Lipinski definition) is 0. The summed E-state index contributed by atoms with van der Waals surface area (Å²) < 4.78 is 19.1. The summed E-state index contributed by atoms with van der Waals surface area (Å²) in [5, 5.41) is 0. The number of hydrogen-bond acceptors (Lipinski definition) is 3. The van der Waals surface area contributed by atoms with Crippen LogP contribution in [-0.4, -0.2) is 54.1 Å². The van der Waals surface area contributed by atoms with Gasteiger partial charge in [-0.15, -0.1) is 0 Å². The Morgan fingerprint density at radius 1 is 1.15 bits per heavy atom. The molecular weight excluding hydrogens is 343 g/mol. The first kappa shape index (κ1) is 18.1. The second-order valence-electron chi connectivity index (χ2n) is 7.81. The van der Waals surface area contributed by atoms with Gasteiger partial charge in [-0.25, -0.2) is 4.39 Å². The van der Waals surface area contributed by atoms with E-state index >= 15 is 0 Å². The molecule has 2 aromatic carbocycles. The van der Waals surface area contributed by atoms with Crippen LogP contribution in [0.25, 0.3) is 0 Å². The maximum atomic E-state index is 13.0. The van der Waals surface area contributed by atoms with E-state index in [1.807, 2.05) is 11.0 Å². The predicted molar refractivity (Wildman–Crippen MR) is 102 cm³/mol. The Morgan fingerprint density at radius 2 is 1.85 bits per heavy atom. The summed E-state index contributed by atoms with van der Waals surface area (Å²) in [5.74, 6) is -0.198. The van der Waals surface area contributed by atoms with Gasteiger partial charge in [-0.2, -0.15) is 0 Å². The fraction of sp³-hybridized carbons (Fsp3) is 0.409. The first-order valence-corrected chi connectivity index (χ1v) is 9.43. The summed E-state index contributed by atoms with van der Waals surface area (Å²) in [7, 11) is 2.14. The number of halogens is 1. The number of likely N-dealkylation sites (tertiary alicyclic amines) is 1. The van der Waals surface area contributed by atoms with Gasteiger partial charge in [0, 0.05) is 12.6 Å². The molecule has 0 saturated carbocycles. The number of ether oxygens (including phenoxy) is 1. The number of benzene rings is 2. The Hall–Kier alpha value is -2.24. The molecule has 4 nitrogen and oxygen atoms in total. The van der Waals surface area contributed by atoms with Gasteiger partial charge in [-0.3, -0.25) is 9.69 Å². The number of nitrogens with zero attached hydrogens (tertiary/aromatic N) is 2. The highest BCUT2D eigenvalue weighted by Crippen LogP contribution is 2.37. The van der Waals surface area contributed by atoms with Crippen LogP contribution in [0.4, 0.5) is 4.39 Å². The zero-order valence-electron chi connectivity index (χ0n) is 15.6. The fourth-order valence-electron chi connectivity index (χ4n) is 4.04. The minimum Gasteiger partial charge on any atom is -0.370 e. The van der Waals surface area contributed by atoms with E-state index in [1.54, 1.807) is 12.1 Å². The van der Waals surface area contributed by atoms with Crippen molar-refractivity contribution < 1.29 is 13.9 Å². The number of carbonyl (C=O) groups excluding carboxylic acids is 1. The van der Waals surface area contributed by atoms with Gasteiger partial charge in [0.05, 0.1) is 26.1 Å². The smallest absolute Gasteiger partial charge is 0.227 e. The van der Waals surface area contributed by atoms with Crippen molar-refractivity contribution in [3.63, 3.8) is 0 Å². The Morgan fingerprint density at radius 3 is 2.56 bits per heavy atom. The standard InChI is InChI=1S/C22H25FN2O2/c1-24(13-18-5-3-2-4-6-18)20-12-22(27-14-20)15-25(16-22)21(26)11-17-7-9-19(23)10-8-17/h2-10,20H,11-16H2,1H3.